The lowest BCUT2D eigenvalue weighted by atomic mass is 10.2. The Kier molecular flexibility index (Phi) is 8.95. The summed E-state index contributed by atoms with van der Waals surface area (Å²) in [6, 6.07) is 0. The van der Waals surface area contributed by atoms with Crippen molar-refractivity contribution in [2.24, 2.45) is 0 Å². The number of aliphatic carboxylic acids is 1. The van der Waals surface area contributed by atoms with Crippen LogP contribution in [0.4, 0.5) is 0 Å². The van der Waals surface area contributed by atoms with Gasteiger partial charge in [0.25, 0.3) is 0 Å². The van der Waals surface area contributed by atoms with E-state index in [2.05, 4.69) is 4.74 Å². The summed E-state index contributed by atoms with van der Waals surface area (Å²) < 4.78 is 4.08. The Bertz CT molecular complexity index is 253. The molecule has 0 aliphatic carbocycles. The van der Waals surface area contributed by atoms with Crippen LogP contribution in [-0.4, -0.2) is 28.8 Å². The quantitative estimate of drug-likeness (QED) is 0.574. The Morgan fingerprint density at radius 2 is 1.62 bits per heavy atom. The third kappa shape index (κ3) is 10.4. The summed E-state index contributed by atoms with van der Waals surface area (Å²) in [7, 11) is 0. The molecule has 0 spiro atoms. The average molecular weight is 232 g/mol. The van der Waals surface area contributed by atoms with Crippen molar-refractivity contribution in [1.29, 1.82) is 0 Å². The molecule has 0 amide bonds. The number of esters is 2. The fraction of sp³-hybridized carbons (Fsp3) is 0.600. The van der Waals surface area contributed by atoms with Crippen LogP contribution in [0, 0.1) is 0 Å². The topological polar surface area (TPSA) is 97.7 Å². The molecule has 0 atom stereocenters. The molecule has 0 bridgehead atoms. The van der Waals surface area contributed by atoms with E-state index in [0.717, 1.165) is 0 Å². The van der Waals surface area contributed by atoms with E-state index < -0.39 is 17.9 Å². The third-order valence-electron chi connectivity index (χ3n) is 1.45. The smallest absolute Gasteiger partial charge is 0.314 e. The van der Waals surface area contributed by atoms with Gasteiger partial charge in [-0.25, -0.2) is 0 Å². The molecule has 1 fully saturated rings. The number of Topliss-reactive ketones (excluding diaryl/α,β-unsaturated/α-hetero) is 1. The van der Waals surface area contributed by atoms with Crippen LogP contribution in [-0.2, 0) is 23.9 Å². The molecule has 1 rings (SSSR count). The number of carboxylic acid groups (broad SMARTS) is 1. The van der Waals surface area contributed by atoms with Crippen molar-refractivity contribution >= 4 is 23.7 Å². The van der Waals surface area contributed by atoms with Crippen LogP contribution in [0.5, 0.6) is 0 Å². The number of ether oxygens (including phenoxy) is 1. The van der Waals surface area contributed by atoms with Gasteiger partial charge in [-0.15, -0.1) is 0 Å². The molecule has 0 saturated carbocycles. The highest BCUT2D eigenvalue weighted by molar-refractivity contribution is 5.92. The van der Waals surface area contributed by atoms with Crippen molar-refractivity contribution in [3.8, 4) is 0 Å². The highest BCUT2D eigenvalue weighted by Crippen LogP contribution is 2.03. The molecule has 1 saturated heterocycles. The summed E-state index contributed by atoms with van der Waals surface area (Å²) in [4.78, 5) is 39.9. The molecular formula is C10H16O6. The van der Waals surface area contributed by atoms with E-state index in [-0.39, 0.29) is 38.9 Å². The first-order valence-corrected chi connectivity index (χ1v) is 4.36. The second-order valence-electron chi connectivity index (χ2n) is 2.94. The van der Waals surface area contributed by atoms with Gasteiger partial charge in [-0.05, 0) is 6.92 Å². The van der Waals surface area contributed by atoms with Gasteiger partial charge in [0.15, 0.2) is 0 Å². The number of carbonyl (C=O) groups is 4. The number of rotatable bonds is 3. The summed E-state index contributed by atoms with van der Waals surface area (Å²) in [6.07, 6.45) is 0.627. The normalized spacial score (nSPS) is 13.1. The molecule has 0 unspecified atom stereocenters. The number of cyclic esters (lactones) is 2. The maximum Gasteiger partial charge on any atom is 0.314 e. The summed E-state index contributed by atoms with van der Waals surface area (Å²) in [5, 5.41) is 8.01. The van der Waals surface area contributed by atoms with Gasteiger partial charge in [-0.2, -0.15) is 0 Å². The van der Waals surface area contributed by atoms with E-state index in [1.807, 2.05) is 0 Å². The first-order valence-electron chi connectivity index (χ1n) is 4.36. The fourth-order valence-electron chi connectivity index (χ4n) is 0.716. The van der Waals surface area contributed by atoms with Crippen molar-refractivity contribution in [2.45, 2.75) is 40.0 Å². The minimum atomic E-state index is -0.916. The van der Waals surface area contributed by atoms with Crippen LogP contribution >= 0.6 is 0 Å². The van der Waals surface area contributed by atoms with E-state index in [1.54, 1.807) is 0 Å². The van der Waals surface area contributed by atoms with E-state index >= 15 is 0 Å². The average Bonchev–Trinajstić information content (AvgIpc) is 2.47. The minimum absolute atomic E-state index is 0. The van der Waals surface area contributed by atoms with Crippen molar-refractivity contribution in [3.63, 3.8) is 0 Å². The Balaban J connectivity index is 0. The summed E-state index contributed by atoms with van der Waals surface area (Å²) in [5.74, 6) is -1.79. The zero-order valence-electron chi connectivity index (χ0n) is 8.32. The number of hydrogen-bond acceptors (Lipinski definition) is 5. The Morgan fingerprint density at radius 3 is 1.75 bits per heavy atom. The zero-order valence-corrected chi connectivity index (χ0v) is 8.32. The molecular weight excluding hydrogens is 216 g/mol. The fourth-order valence-corrected chi connectivity index (χ4v) is 0.716. The Hall–Kier alpha value is -1.72. The van der Waals surface area contributed by atoms with Gasteiger partial charge in [0.2, 0.25) is 0 Å². The molecule has 0 radical (unpaired) electrons. The van der Waals surface area contributed by atoms with Crippen molar-refractivity contribution in [1.82, 2.24) is 0 Å². The van der Waals surface area contributed by atoms with Gasteiger partial charge in [0, 0.05) is 6.42 Å². The lowest BCUT2D eigenvalue weighted by molar-refractivity contribution is -0.152. The third-order valence-corrected chi connectivity index (χ3v) is 1.45. The number of carbonyl (C=O) groups excluding carboxylic acids is 3. The summed E-state index contributed by atoms with van der Waals surface area (Å²) in [5.41, 5.74) is 0. The number of ketones is 1. The maximum absolute atomic E-state index is 10.1. The van der Waals surface area contributed by atoms with Crippen molar-refractivity contribution in [2.75, 3.05) is 0 Å². The zero-order chi connectivity index (χ0) is 11.8. The van der Waals surface area contributed by atoms with Crippen LogP contribution in [0.1, 0.15) is 40.0 Å². The highest BCUT2D eigenvalue weighted by Gasteiger charge is 2.19. The van der Waals surface area contributed by atoms with Crippen molar-refractivity contribution in [3.05, 3.63) is 0 Å². The molecule has 6 nitrogen and oxygen atoms in total. The molecule has 92 valence electrons. The second-order valence-corrected chi connectivity index (χ2v) is 2.94. The van der Waals surface area contributed by atoms with Crippen LogP contribution in [0.2, 0.25) is 0 Å². The monoisotopic (exact) mass is 232 g/mol. The van der Waals surface area contributed by atoms with Crippen molar-refractivity contribution < 1.29 is 29.0 Å². The molecule has 0 aromatic carbocycles. The Morgan fingerprint density at radius 1 is 1.19 bits per heavy atom. The molecule has 16 heavy (non-hydrogen) atoms. The van der Waals surface area contributed by atoms with E-state index in [4.69, 9.17) is 5.11 Å². The largest absolute Gasteiger partial charge is 0.481 e. The molecule has 1 N–H and O–H groups in total. The number of carboxylic acids is 1. The van der Waals surface area contributed by atoms with Gasteiger partial charge in [0.05, 0.1) is 19.3 Å². The summed E-state index contributed by atoms with van der Waals surface area (Å²) in [6.45, 7) is 1.38. The van der Waals surface area contributed by atoms with Gasteiger partial charge in [0.1, 0.15) is 5.78 Å². The predicted molar refractivity (Wildman–Crippen MR) is 54.6 cm³/mol. The molecule has 0 aromatic heterocycles. The molecule has 6 heteroatoms. The molecule has 0 aromatic rings. The van der Waals surface area contributed by atoms with Crippen LogP contribution in [0.3, 0.4) is 0 Å². The van der Waals surface area contributed by atoms with Gasteiger partial charge < -0.3 is 14.6 Å². The van der Waals surface area contributed by atoms with Crippen LogP contribution < -0.4 is 0 Å². The lowest BCUT2D eigenvalue weighted by Gasteiger charge is -1.86. The molecule has 1 heterocycles. The predicted octanol–water partition coefficient (Wildman–Crippen LogP) is 0.926. The minimum Gasteiger partial charge on any atom is -0.481 e. The SMILES string of the molecule is C.CC(=O)CCC(=O)O.O=C1CCC(=O)O1. The van der Waals surface area contributed by atoms with E-state index in [9.17, 15) is 19.2 Å². The molecule has 1 aliphatic heterocycles. The van der Waals surface area contributed by atoms with Gasteiger partial charge in [-0.1, -0.05) is 7.43 Å². The molecule has 1 aliphatic rings. The van der Waals surface area contributed by atoms with Crippen LogP contribution in [0.15, 0.2) is 0 Å². The van der Waals surface area contributed by atoms with E-state index in [1.165, 1.54) is 6.92 Å². The first kappa shape index (κ1) is 16.7. The standard InChI is InChI=1S/C5H8O3.C4H4O3.CH4/c1-4(6)2-3-5(7)8;5-3-1-2-4(6)7-3;/h2-3H2,1H3,(H,7,8);1-2H2;1H4. The first-order chi connectivity index (χ1) is 6.91. The second kappa shape index (κ2) is 8.58. The maximum atomic E-state index is 10.1. The van der Waals surface area contributed by atoms with Gasteiger partial charge >= 0.3 is 17.9 Å². The Labute approximate surface area is 93.6 Å². The highest BCUT2D eigenvalue weighted by atomic mass is 16.6. The van der Waals surface area contributed by atoms with E-state index in [0.29, 0.717) is 0 Å². The van der Waals surface area contributed by atoms with Gasteiger partial charge in [-0.3, -0.25) is 14.4 Å². The lowest BCUT2D eigenvalue weighted by Crippen LogP contribution is -1.98. The van der Waals surface area contributed by atoms with Crippen LogP contribution in [0.25, 0.3) is 0 Å². The number of hydrogen-bond donors (Lipinski definition) is 1. The summed E-state index contributed by atoms with van der Waals surface area (Å²) >= 11 is 0.